The maximum Gasteiger partial charge on any atom is 0.122 e. The second-order valence-corrected chi connectivity index (χ2v) is 6.02. The van der Waals surface area contributed by atoms with Crippen LogP contribution in [-0.4, -0.2) is 24.9 Å². The first kappa shape index (κ1) is 13.8. The summed E-state index contributed by atoms with van der Waals surface area (Å²) in [5, 5.41) is 10.2. The van der Waals surface area contributed by atoms with E-state index in [4.69, 9.17) is 10.5 Å². The number of benzene rings is 1. The third-order valence-corrected chi connectivity index (χ3v) is 4.54. The minimum Gasteiger partial charge on any atom is -0.496 e. The van der Waals surface area contributed by atoms with Gasteiger partial charge in [-0.1, -0.05) is 22.4 Å². The van der Waals surface area contributed by atoms with E-state index < -0.39 is 0 Å². The van der Waals surface area contributed by atoms with Crippen molar-refractivity contribution in [1.82, 2.24) is 0 Å². The molecule has 3 N–H and O–H groups in total. The predicted molar refractivity (Wildman–Crippen MR) is 75.7 cm³/mol. The molecule has 2 unspecified atom stereocenters. The Labute approximate surface area is 116 Å². The highest BCUT2D eigenvalue weighted by Crippen LogP contribution is 2.42. The van der Waals surface area contributed by atoms with Crippen molar-refractivity contribution in [3.05, 3.63) is 28.2 Å². The number of nitrogens with two attached hydrogens (primary N) is 1. The molecule has 0 radical (unpaired) electrons. The van der Waals surface area contributed by atoms with E-state index in [0.717, 1.165) is 41.5 Å². The fourth-order valence-electron chi connectivity index (χ4n) is 2.90. The van der Waals surface area contributed by atoms with Crippen LogP contribution in [-0.2, 0) is 6.42 Å². The molecule has 1 aliphatic carbocycles. The van der Waals surface area contributed by atoms with Gasteiger partial charge in [0.15, 0.2) is 0 Å². The Morgan fingerprint density at radius 3 is 2.89 bits per heavy atom. The summed E-state index contributed by atoms with van der Waals surface area (Å²) in [6, 6.07) is 5.97. The van der Waals surface area contributed by atoms with Crippen molar-refractivity contribution < 1.29 is 9.84 Å². The van der Waals surface area contributed by atoms with Gasteiger partial charge in [0, 0.05) is 16.4 Å². The van der Waals surface area contributed by atoms with Crippen molar-refractivity contribution in [3.8, 4) is 5.75 Å². The van der Waals surface area contributed by atoms with Crippen LogP contribution >= 0.6 is 15.9 Å². The van der Waals surface area contributed by atoms with Crippen molar-refractivity contribution in [2.45, 2.75) is 31.8 Å². The van der Waals surface area contributed by atoms with E-state index >= 15 is 0 Å². The standard InChI is InChI=1S/C14H20BrNO2/c1-18-12-5-4-11(15)7-10(12)8-14(9-16)6-2-3-13(14)17/h4-5,7,13,17H,2-3,6,8-9,16H2,1H3. The van der Waals surface area contributed by atoms with Crippen LogP contribution in [0.4, 0.5) is 0 Å². The molecular weight excluding hydrogens is 294 g/mol. The number of ether oxygens (including phenoxy) is 1. The van der Waals surface area contributed by atoms with E-state index in [-0.39, 0.29) is 11.5 Å². The van der Waals surface area contributed by atoms with Gasteiger partial charge in [-0.15, -0.1) is 0 Å². The van der Waals surface area contributed by atoms with Crippen LogP contribution in [0.3, 0.4) is 0 Å². The molecule has 18 heavy (non-hydrogen) atoms. The predicted octanol–water partition coefficient (Wildman–Crippen LogP) is 2.49. The topological polar surface area (TPSA) is 55.5 Å². The molecule has 1 aliphatic rings. The van der Waals surface area contributed by atoms with E-state index in [2.05, 4.69) is 22.0 Å². The zero-order chi connectivity index (χ0) is 13.2. The van der Waals surface area contributed by atoms with Gasteiger partial charge >= 0.3 is 0 Å². The number of halogens is 1. The summed E-state index contributed by atoms with van der Waals surface area (Å²) in [7, 11) is 1.67. The Morgan fingerprint density at radius 2 is 2.33 bits per heavy atom. The summed E-state index contributed by atoms with van der Waals surface area (Å²) in [5.74, 6) is 0.866. The molecule has 4 heteroatoms. The Hall–Kier alpha value is -0.580. The summed E-state index contributed by atoms with van der Waals surface area (Å²) in [6.45, 7) is 0.518. The summed E-state index contributed by atoms with van der Waals surface area (Å²) in [4.78, 5) is 0. The van der Waals surface area contributed by atoms with Crippen LogP contribution in [0.25, 0.3) is 0 Å². The molecule has 3 nitrogen and oxygen atoms in total. The number of hydrogen-bond acceptors (Lipinski definition) is 3. The lowest BCUT2D eigenvalue weighted by molar-refractivity contribution is 0.0584. The highest BCUT2D eigenvalue weighted by atomic mass is 79.9. The Bertz CT molecular complexity index is 424. The first-order chi connectivity index (χ1) is 8.61. The van der Waals surface area contributed by atoms with Crippen LogP contribution in [0, 0.1) is 5.41 Å². The molecule has 0 amide bonds. The molecule has 2 rings (SSSR count). The van der Waals surface area contributed by atoms with Gasteiger partial charge in [-0.3, -0.25) is 0 Å². The molecule has 1 aromatic carbocycles. The summed E-state index contributed by atoms with van der Waals surface area (Å²) in [6.07, 6.45) is 3.36. The molecule has 0 spiro atoms. The molecule has 1 fully saturated rings. The van der Waals surface area contributed by atoms with E-state index in [1.165, 1.54) is 0 Å². The lowest BCUT2D eigenvalue weighted by atomic mass is 9.78. The molecule has 1 aromatic rings. The Kier molecular flexibility index (Phi) is 4.30. The molecule has 100 valence electrons. The number of hydrogen-bond donors (Lipinski definition) is 2. The number of methoxy groups -OCH3 is 1. The lowest BCUT2D eigenvalue weighted by Crippen LogP contribution is -2.39. The van der Waals surface area contributed by atoms with Crippen LogP contribution in [0.15, 0.2) is 22.7 Å². The number of aliphatic hydroxyl groups excluding tert-OH is 1. The molecule has 0 saturated heterocycles. The van der Waals surface area contributed by atoms with Gasteiger partial charge in [-0.05, 0) is 43.0 Å². The van der Waals surface area contributed by atoms with Crippen molar-refractivity contribution >= 4 is 15.9 Å². The summed E-state index contributed by atoms with van der Waals surface area (Å²) < 4.78 is 6.42. The summed E-state index contributed by atoms with van der Waals surface area (Å²) >= 11 is 3.48. The van der Waals surface area contributed by atoms with E-state index in [1.807, 2.05) is 12.1 Å². The van der Waals surface area contributed by atoms with Gasteiger partial charge in [0.1, 0.15) is 5.75 Å². The lowest BCUT2D eigenvalue weighted by Gasteiger charge is -2.32. The Balaban J connectivity index is 2.29. The fourth-order valence-corrected chi connectivity index (χ4v) is 3.31. The van der Waals surface area contributed by atoms with Crippen molar-refractivity contribution in [2.24, 2.45) is 11.1 Å². The molecule has 0 aromatic heterocycles. The fraction of sp³-hybridized carbons (Fsp3) is 0.571. The highest BCUT2D eigenvalue weighted by molar-refractivity contribution is 9.10. The van der Waals surface area contributed by atoms with Crippen molar-refractivity contribution in [1.29, 1.82) is 0 Å². The molecule has 0 heterocycles. The molecule has 0 bridgehead atoms. The zero-order valence-electron chi connectivity index (χ0n) is 10.7. The van der Waals surface area contributed by atoms with Crippen LogP contribution in [0.1, 0.15) is 24.8 Å². The summed E-state index contributed by atoms with van der Waals surface area (Å²) in [5.41, 5.74) is 6.85. The van der Waals surface area contributed by atoms with Crippen molar-refractivity contribution in [3.63, 3.8) is 0 Å². The molecule has 2 atom stereocenters. The Morgan fingerprint density at radius 1 is 1.56 bits per heavy atom. The zero-order valence-corrected chi connectivity index (χ0v) is 12.2. The highest BCUT2D eigenvalue weighted by Gasteiger charge is 2.41. The molecule has 0 aliphatic heterocycles. The third kappa shape index (κ3) is 2.56. The van der Waals surface area contributed by atoms with Gasteiger partial charge < -0.3 is 15.6 Å². The maximum atomic E-state index is 10.2. The van der Waals surface area contributed by atoms with E-state index in [0.29, 0.717) is 6.54 Å². The van der Waals surface area contributed by atoms with Gasteiger partial charge in [-0.2, -0.15) is 0 Å². The van der Waals surface area contributed by atoms with Crippen molar-refractivity contribution in [2.75, 3.05) is 13.7 Å². The second kappa shape index (κ2) is 5.59. The largest absolute Gasteiger partial charge is 0.496 e. The van der Waals surface area contributed by atoms with Gasteiger partial charge in [-0.25, -0.2) is 0 Å². The van der Waals surface area contributed by atoms with Gasteiger partial charge in [0.05, 0.1) is 13.2 Å². The third-order valence-electron chi connectivity index (χ3n) is 4.05. The normalized spacial score (nSPS) is 27.4. The first-order valence-corrected chi connectivity index (χ1v) is 7.11. The van der Waals surface area contributed by atoms with E-state index in [9.17, 15) is 5.11 Å². The van der Waals surface area contributed by atoms with Crippen LogP contribution < -0.4 is 10.5 Å². The second-order valence-electron chi connectivity index (χ2n) is 5.11. The van der Waals surface area contributed by atoms with Gasteiger partial charge in [0.25, 0.3) is 0 Å². The number of aliphatic hydroxyl groups is 1. The average molecular weight is 314 g/mol. The number of rotatable bonds is 4. The van der Waals surface area contributed by atoms with Crippen LogP contribution in [0.2, 0.25) is 0 Å². The van der Waals surface area contributed by atoms with Crippen LogP contribution in [0.5, 0.6) is 5.75 Å². The average Bonchev–Trinajstić information content (AvgIpc) is 2.72. The monoisotopic (exact) mass is 313 g/mol. The van der Waals surface area contributed by atoms with Gasteiger partial charge in [0.2, 0.25) is 0 Å². The molecule has 1 saturated carbocycles. The minimum absolute atomic E-state index is 0.186. The van der Waals surface area contributed by atoms with E-state index in [1.54, 1.807) is 7.11 Å². The smallest absolute Gasteiger partial charge is 0.122 e. The minimum atomic E-state index is -0.300. The SMILES string of the molecule is COc1ccc(Br)cc1CC1(CN)CCCC1O. The first-order valence-electron chi connectivity index (χ1n) is 6.32. The maximum absolute atomic E-state index is 10.2. The molecular formula is C14H20BrNO2. The quantitative estimate of drug-likeness (QED) is 0.898.